The van der Waals surface area contributed by atoms with Crippen molar-refractivity contribution in [3.63, 3.8) is 0 Å². The van der Waals surface area contributed by atoms with Crippen LogP contribution in [0.2, 0.25) is 0 Å². The fourth-order valence-electron chi connectivity index (χ4n) is 3.55. The van der Waals surface area contributed by atoms with Crippen LogP contribution in [-0.2, 0) is 0 Å². The third-order valence-corrected chi connectivity index (χ3v) is 6.57. The van der Waals surface area contributed by atoms with E-state index in [0.717, 1.165) is 30.4 Å². The first-order chi connectivity index (χ1) is 9.45. The Morgan fingerprint density at radius 1 is 0.800 bits per heavy atom. The molecule has 2 aliphatic carbocycles. The number of hydrogen-bond acceptors (Lipinski definition) is 1. The van der Waals surface area contributed by atoms with Gasteiger partial charge >= 0.3 is 6.18 Å². The number of thioether (sulfide) groups is 1. The van der Waals surface area contributed by atoms with Crippen LogP contribution < -0.4 is 0 Å². The summed E-state index contributed by atoms with van der Waals surface area (Å²) in [6, 6.07) is 0. The van der Waals surface area contributed by atoms with E-state index >= 15 is 0 Å². The first-order valence-corrected chi connectivity index (χ1v) is 9.25. The van der Waals surface area contributed by atoms with Crippen molar-refractivity contribution in [3.05, 3.63) is 0 Å². The molecule has 4 heteroatoms. The first kappa shape index (κ1) is 16.5. The molecule has 0 amide bonds. The van der Waals surface area contributed by atoms with Gasteiger partial charge in [-0.1, -0.05) is 19.8 Å². The van der Waals surface area contributed by atoms with Gasteiger partial charge in [0.15, 0.2) is 0 Å². The highest BCUT2D eigenvalue weighted by Crippen LogP contribution is 2.40. The van der Waals surface area contributed by atoms with Gasteiger partial charge in [-0.25, -0.2) is 0 Å². The molecule has 0 N–H and O–H groups in total. The standard InChI is InChI=1S/C16H27F3S/c1-12-2-4-13(5-3-12)10-20-11-14-6-8-15(9-7-14)16(17,18)19/h12-15H,2-11H2,1H3. The van der Waals surface area contributed by atoms with E-state index in [0.29, 0.717) is 18.8 Å². The zero-order chi connectivity index (χ0) is 14.6. The van der Waals surface area contributed by atoms with Crippen molar-refractivity contribution >= 4 is 11.8 Å². The molecule has 0 unspecified atom stereocenters. The van der Waals surface area contributed by atoms with E-state index in [1.165, 1.54) is 31.4 Å². The van der Waals surface area contributed by atoms with Crippen molar-refractivity contribution in [3.8, 4) is 0 Å². The van der Waals surface area contributed by atoms with Crippen molar-refractivity contribution in [2.24, 2.45) is 23.7 Å². The Balaban J connectivity index is 1.57. The van der Waals surface area contributed by atoms with Gasteiger partial charge in [0.1, 0.15) is 0 Å². The minimum absolute atomic E-state index is 0.357. The number of alkyl halides is 3. The lowest BCUT2D eigenvalue weighted by molar-refractivity contribution is -0.183. The molecule has 2 saturated carbocycles. The molecule has 0 aliphatic heterocycles. The molecule has 0 aromatic carbocycles. The van der Waals surface area contributed by atoms with Gasteiger partial charge in [0.2, 0.25) is 0 Å². The zero-order valence-corrected chi connectivity index (χ0v) is 13.2. The van der Waals surface area contributed by atoms with Gasteiger partial charge in [-0.05, 0) is 67.8 Å². The predicted molar refractivity (Wildman–Crippen MR) is 80.0 cm³/mol. The monoisotopic (exact) mass is 308 g/mol. The van der Waals surface area contributed by atoms with Crippen LogP contribution in [0, 0.1) is 23.7 Å². The van der Waals surface area contributed by atoms with Crippen LogP contribution >= 0.6 is 11.8 Å². The molecule has 20 heavy (non-hydrogen) atoms. The highest BCUT2D eigenvalue weighted by Gasteiger charge is 2.41. The topological polar surface area (TPSA) is 0 Å². The number of hydrogen-bond donors (Lipinski definition) is 0. The molecular formula is C16H27F3S. The van der Waals surface area contributed by atoms with Gasteiger partial charge in [-0.2, -0.15) is 24.9 Å². The van der Waals surface area contributed by atoms with Crippen LogP contribution in [0.3, 0.4) is 0 Å². The maximum absolute atomic E-state index is 12.6. The Bertz CT molecular complexity index is 274. The summed E-state index contributed by atoms with van der Waals surface area (Å²) in [6.45, 7) is 2.34. The van der Waals surface area contributed by atoms with Crippen molar-refractivity contribution < 1.29 is 13.2 Å². The Morgan fingerprint density at radius 3 is 1.70 bits per heavy atom. The van der Waals surface area contributed by atoms with Gasteiger partial charge in [0.05, 0.1) is 5.92 Å². The molecule has 0 spiro atoms. The summed E-state index contributed by atoms with van der Waals surface area (Å²) >= 11 is 1.99. The van der Waals surface area contributed by atoms with Crippen LogP contribution in [-0.4, -0.2) is 17.7 Å². The Hall–Kier alpha value is 0.140. The number of rotatable bonds is 4. The molecule has 2 aliphatic rings. The maximum Gasteiger partial charge on any atom is 0.391 e. The minimum Gasteiger partial charge on any atom is -0.171 e. The third kappa shape index (κ3) is 5.16. The van der Waals surface area contributed by atoms with Crippen LogP contribution in [0.4, 0.5) is 13.2 Å². The second-order valence-corrected chi connectivity index (χ2v) is 8.00. The van der Waals surface area contributed by atoms with Crippen LogP contribution in [0.1, 0.15) is 58.3 Å². The number of halogens is 3. The highest BCUT2D eigenvalue weighted by atomic mass is 32.2. The van der Waals surface area contributed by atoms with Gasteiger partial charge in [0, 0.05) is 0 Å². The Kier molecular flexibility index (Phi) is 6.12. The average molecular weight is 308 g/mol. The fraction of sp³-hybridized carbons (Fsp3) is 1.00. The van der Waals surface area contributed by atoms with Crippen molar-refractivity contribution in [2.45, 2.75) is 64.5 Å². The average Bonchev–Trinajstić information content (AvgIpc) is 2.41. The largest absolute Gasteiger partial charge is 0.391 e. The minimum atomic E-state index is -3.96. The Labute approximate surface area is 125 Å². The predicted octanol–water partition coefficient (Wildman–Crippen LogP) is 5.91. The second-order valence-electron chi connectivity index (χ2n) is 6.92. The van der Waals surface area contributed by atoms with Crippen LogP contribution in [0.15, 0.2) is 0 Å². The molecule has 0 nitrogen and oxygen atoms in total. The van der Waals surface area contributed by atoms with Crippen molar-refractivity contribution in [1.29, 1.82) is 0 Å². The lowest BCUT2D eigenvalue weighted by Crippen LogP contribution is -2.28. The molecule has 0 aromatic heterocycles. The summed E-state index contributed by atoms with van der Waals surface area (Å²) in [7, 11) is 0. The van der Waals surface area contributed by atoms with Gasteiger partial charge in [-0.15, -0.1) is 0 Å². The third-order valence-electron chi connectivity index (χ3n) is 5.15. The lowest BCUT2D eigenvalue weighted by atomic mass is 9.82. The van der Waals surface area contributed by atoms with E-state index in [9.17, 15) is 13.2 Å². The maximum atomic E-state index is 12.6. The smallest absolute Gasteiger partial charge is 0.171 e. The van der Waals surface area contributed by atoms with E-state index in [4.69, 9.17) is 0 Å². The summed E-state index contributed by atoms with van der Waals surface area (Å²) < 4.78 is 37.8. The molecule has 0 aromatic rings. The zero-order valence-electron chi connectivity index (χ0n) is 12.4. The van der Waals surface area contributed by atoms with E-state index in [2.05, 4.69) is 6.92 Å². The summed E-state index contributed by atoms with van der Waals surface area (Å²) in [5, 5.41) is 0. The SMILES string of the molecule is CC1CCC(CSCC2CCC(C(F)(F)F)CC2)CC1. The lowest BCUT2D eigenvalue weighted by Gasteiger charge is -2.30. The molecule has 2 rings (SSSR count). The molecular weight excluding hydrogens is 281 g/mol. The van der Waals surface area contributed by atoms with E-state index < -0.39 is 12.1 Å². The van der Waals surface area contributed by atoms with E-state index in [1.807, 2.05) is 11.8 Å². The van der Waals surface area contributed by atoms with Gasteiger partial charge < -0.3 is 0 Å². The summed E-state index contributed by atoms with van der Waals surface area (Å²) in [5.74, 6) is 3.57. The fourth-order valence-corrected chi connectivity index (χ4v) is 5.02. The van der Waals surface area contributed by atoms with E-state index in [1.54, 1.807) is 0 Å². The summed E-state index contributed by atoms with van der Waals surface area (Å²) in [5.41, 5.74) is 0. The first-order valence-electron chi connectivity index (χ1n) is 8.09. The molecule has 118 valence electrons. The molecule has 0 bridgehead atoms. The second kappa shape index (κ2) is 7.42. The van der Waals surface area contributed by atoms with E-state index in [-0.39, 0.29) is 0 Å². The molecule has 0 radical (unpaired) electrons. The van der Waals surface area contributed by atoms with Crippen LogP contribution in [0.5, 0.6) is 0 Å². The van der Waals surface area contributed by atoms with Crippen molar-refractivity contribution in [1.82, 2.24) is 0 Å². The van der Waals surface area contributed by atoms with Crippen molar-refractivity contribution in [2.75, 3.05) is 11.5 Å². The molecule has 2 fully saturated rings. The highest BCUT2D eigenvalue weighted by molar-refractivity contribution is 7.99. The van der Waals surface area contributed by atoms with Gasteiger partial charge in [0.25, 0.3) is 0 Å². The van der Waals surface area contributed by atoms with Gasteiger partial charge in [-0.3, -0.25) is 0 Å². The summed E-state index contributed by atoms with van der Waals surface area (Å²) in [6.07, 6.45) is 3.74. The molecule has 0 saturated heterocycles. The Morgan fingerprint density at radius 2 is 1.25 bits per heavy atom. The van der Waals surface area contributed by atoms with Crippen LogP contribution in [0.25, 0.3) is 0 Å². The molecule has 0 atom stereocenters. The quantitative estimate of drug-likeness (QED) is 0.621. The normalized spacial score (nSPS) is 36.0. The summed E-state index contributed by atoms with van der Waals surface area (Å²) in [4.78, 5) is 0. The molecule has 0 heterocycles.